The van der Waals surface area contributed by atoms with Gasteiger partial charge in [0.2, 0.25) is 0 Å². The monoisotopic (exact) mass is 633 g/mol. The maximum Gasteiger partial charge on any atom is 0.426 e. The number of nitrogens with one attached hydrogen (secondary N) is 2. The average molecular weight is 634 g/mol. The van der Waals surface area contributed by atoms with Crippen LogP contribution in [0, 0.1) is 11.8 Å². The number of carbonyl (C=O) groups is 4. The van der Waals surface area contributed by atoms with Gasteiger partial charge >= 0.3 is 12.1 Å². The van der Waals surface area contributed by atoms with Crippen LogP contribution in [0.5, 0.6) is 0 Å². The van der Waals surface area contributed by atoms with Gasteiger partial charge in [0, 0.05) is 46.6 Å². The Kier molecular flexibility index (Phi) is 9.80. The van der Waals surface area contributed by atoms with E-state index >= 15 is 0 Å². The van der Waals surface area contributed by atoms with Gasteiger partial charge in [-0.3, -0.25) is 20.0 Å². The van der Waals surface area contributed by atoms with Crippen molar-refractivity contribution in [1.82, 2.24) is 25.7 Å². The van der Waals surface area contributed by atoms with Gasteiger partial charge in [0.05, 0.1) is 23.9 Å². The standard InChI is InChI=1S/C36H35N5O6/c1-36(2,3)47-35(45)40-39-32(42)27-21-30(38-29-18-19-37-22-28(27)29)25-14-10-23(11-15-25)8-9-24-12-16-26(17-13-24)33(43)41-20-6-5-7-31(41)34(44)46-4/h10-19,21-22,31H,5-7,20H2,1-4H3,(H,39,42)(H,40,45). The van der Waals surface area contributed by atoms with Crippen molar-refractivity contribution in [2.45, 2.75) is 51.7 Å². The summed E-state index contributed by atoms with van der Waals surface area (Å²) in [6, 6.07) is 17.2. The third kappa shape index (κ3) is 8.10. The van der Waals surface area contributed by atoms with Crippen LogP contribution in [0.25, 0.3) is 22.2 Å². The average Bonchev–Trinajstić information content (AvgIpc) is 3.08. The number of likely N-dealkylation sites (tertiary alicyclic amines) is 1. The minimum Gasteiger partial charge on any atom is -0.467 e. The molecule has 3 heterocycles. The Bertz CT molecular complexity index is 1870. The Morgan fingerprint density at radius 1 is 0.915 bits per heavy atom. The van der Waals surface area contributed by atoms with E-state index in [-0.39, 0.29) is 11.5 Å². The van der Waals surface area contributed by atoms with Gasteiger partial charge in [0.15, 0.2) is 0 Å². The summed E-state index contributed by atoms with van der Waals surface area (Å²) in [6.07, 6.45) is 4.67. The maximum absolute atomic E-state index is 13.1. The topological polar surface area (TPSA) is 140 Å². The molecular formula is C36H35N5O6. The van der Waals surface area contributed by atoms with E-state index in [0.29, 0.717) is 35.1 Å². The quantitative estimate of drug-likeness (QED) is 0.181. The molecule has 11 nitrogen and oxygen atoms in total. The van der Waals surface area contributed by atoms with Crippen LogP contribution in [0.15, 0.2) is 73.1 Å². The number of benzene rings is 2. The van der Waals surface area contributed by atoms with Crippen molar-refractivity contribution in [2.75, 3.05) is 13.7 Å². The Hall–Kier alpha value is -5.76. The number of pyridine rings is 2. The molecule has 0 radical (unpaired) electrons. The van der Waals surface area contributed by atoms with E-state index in [1.54, 1.807) is 74.5 Å². The molecule has 5 rings (SSSR count). The first-order valence-electron chi connectivity index (χ1n) is 15.2. The van der Waals surface area contributed by atoms with Crippen molar-refractivity contribution in [1.29, 1.82) is 0 Å². The second-order valence-corrected chi connectivity index (χ2v) is 12.0. The fourth-order valence-corrected chi connectivity index (χ4v) is 5.17. The van der Waals surface area contributed by atoms with Crippen LogP contribution in [-0.2, 0) is 14.3 Å². The number of ether oxygens (including phenoxy) is 2. The highest BCUT2D eigenvalue weighted by Crippen LogP contribution is 2.25. The zero-order chi connectivity index (χ0) is 33.6. The maximum atomic E-state index is 13.1. The number of piperidine rings is 1. The predicted molar refractivity (Wildman–Crippen MR) is 175 cm³/mol. The van der Waals surface area contributed by atoms with Crippen molar-refractivity contribution in [3.8, 4) is 23.1 Å². The molecule has 0 aliphatic carbocycles. The fourth-order valence-electron chi connectivity index (χ4n) is 5.17. The SMILES string of the molecule is COC(=O)C1CCCCN1C(=O)c1ccc(C#Cc2ccc(-c3cc(C(=O)NNC(=O)OC(C)(C)C)c4cnccc4n3)cc2)cc1. The van der Waals surface area contributed by atoms with Crippen molar-refractivity contribution < 1.29 is 28.7 Å². The molecule has 2 N–H and O–H groups in total. The first-order valence-corrected chi connectivity index (χ1v) is 15.2. The second kappa shape index (κ2) is 14.1. The summed E-state index contributed by atoms with van der Waals surface area (Å²) in [6.45, 7) is 5.69. The second-order valence-electron chi connectivity index (χ2n) is 12.0. The summed E-state index contributed by atoms with van der Waals surface area (Å²) < 4.78 is 10.1. The number of aromatic nitrogens is 2. The number of esters is 1. The van der Waals surface area contributed by atoms with Crippen LogP contribution >= 0.6 is 0 Å². The summed E-state index contributed by atoms with van der Waals surface area (Å²) in [7, 11) is 1.34. The van der Waals surface area contributed by atoms with Crippen LogP contribution < -0.4 is 10.9 Å². The number of hydrogen-bond acceptors (Lipinski definition) is 8. The Labute approximate surface area is 272 Å². The van der Waals surface area contributed by atoms with E-state index in [0.717, 1.165) is 29.5 Å². The van der Waals surface area contributed by atoms with Gasteiger partial charge in [-0.25, -0.2) is 20.0 Å². The molecule has 240 valence electrons. The lowest BCUT2D eigenvalue weighted by molar-refractivity contribution is -0.147. The summed E-state index contributed by atoms with van der Waals surface area (Å²) in [5.74, 6) is 5.11. The molecule has 1 saturated heterocycles. The third-order valence-corrected chi connectivity index (χ3v) is 7.43. The number of hydrazine groups is 1. The highest BCUT2D eigenvalue weighted by Gasteiger charge is 2.33. The van der Waals surface area contributed by atoms with Crippen LogP contribution in [-0.4, -0.2) is 64.0 Å². The lowest BCUT2D eigenvalue weighted by Gasteiger charge is -2.33. The lowest BCUT2D eigenvalue weighted by Crippen LogP contribution is -2.48. The molecule has 0 bridgehead atoms. The fraction of sp³-hybridized carbons (Fsp3) is 0.278. The summed E-state index contributed by atoms with van der Waals surface area (Å²) in [5.41, 5.74) is 8.07. The minimum absolute atomic E-state index is 0.200. The molecule has 2 aromatic carbocycles. The largest absolute Gasteiger partial charge is 0.467 e. The van der Waals surface area contributed by atoms with E-state index in [2.05, 4.69) is 27.7 Å². The van der Waals surface area contributed by atoms with E-state index in [1.165, 1.54) is 7.11 Å². The molecule has 3 amide bonds. The highest BCUT2D eigenvalue weighted by molar-refractivity contribution is 6.07. The number of methoxy groups -OCH3 is 1. The molecule has 1 unspecified atom stereocenters. The van der Waals surface area contributed by atoms with E-state index in [9.17, 15) is 19.2 Å². The van der Waals surface area contributed by atoms with Crippen LogP contribution in [0.1, 0.15) is 71.9 Å². The lowest BCUT2D eigenvalue weighted by atomic mass is 10.0. The molecule has 4 aromatic rings. The van der Waals surface area contributed by atoms with Gasteiger partial charge in [-0.05, 0) is 88.6 Å². The Balaban J connectivity index is 1.29. The van der Waals surface area contributed by atoms with Crippen molar-refractivity contribution in [2.24, 2.45) is 0 Å². The number of hydrogen-bond donors (Lipinski definition) is 2. The molecule has 1 fully saturated rings. The van der Waals surface area contributed by atoms with E-state index in [1.807, 2.05) is 24.3 Å². The first kappa shape index (κ1) is 32.6. The van der Waals surface area contributed by atoms with Crippen LogP contribution in [0.2, 0.25) is 0 Å². The van der Waals surface area contributed by atoms with Gasteiger partial charge in [-0.2, -0.15) is 0 Å². The van der Waals surface area contributed by atoms with Crippen molar-refractivity contribution in [3.63, 3.8) is 0 Å². The normalized spacial score (nSPS) is 14.4. The van der Waals surface area contributed by atoms with Gasteiger partial charge in [-0.1, -0.05) is 24.0 Å². The molecule has 47 heavy (non-hydrogen) atoms. The molecule has 0 spiro atoms. The molecule has 0 saturated carbocycles. The van der Waals surface area contributed by atoms with Crippen LogP contribution in [0.4, 0.5) is 4.79 Å². The summed E-state index contributed by atoms with van der Waals surface area (Å²) >= 11 is 0. The Morgan fingerprint density at radius 2 is 1.60 bits per heavy atom. The number of amides is 3. The van der Waals surface area contributed by atoms with Gasteiger partial charge < -0.3 is 14.4 Å². The van der Waals surface area contributed by atoms with Gasteiger partial charge in [-0.15, -0.1) is 0 Å². The summed E-state index contributed by atoms with van der Waals surface area (Å²) in [4.78, 5) is 60.9. The van der Waals surface area contributed by atoms with Gasteiger partial charge in [0.25, 0.3) is 11.8 Å². The zero-order valence-corrected chi connectivity index (χ0v) is 26.6. The highest BCUT2D eigenvalue weighted by atomic mass is 16.6. The zero-order valence-electron chi connectivity index (χ0n) is 26.6. The number of fused-ring (bicyclic) bond motifs is 1. The molecule has 2 aromatic heterocycles. The van der Waals surface area contributed by atoms with Crippen molar-refractivity contribution >= 4 is 34.8 Å². The molecule has 1 aliphatic heterocycles. The Morgan fingerprint density at radius 3 is 2.26 bits per heavy atom. The molecular weight excluding hydrogens is 598 g/mol. The number of carbonyl (C=O) groups excluding carboxylic acids is 4. The first-order chi connectivity index (χ1) is 22.5. The molecule has 1 aliphatic rings. The smallest absolute Gasteiger partial charge is 0.426 e. The summed E-state index contributed by atoms with van der Waals surface area (Å²) in [5, 5.41) is 0.522. The molecule has 1 atom stereocenters. The minimum atomic E-state index is -0.782. The van der Waals surface area contributed by atoms with Crippen molar-refractivity contribution in [3.05, 3.63) is 95.3 Å². The number of nitrogens with zero attached hydrogens (tertiary/aromatic N) is 3. The van der Waals surface area contributed by atoms with Gasteiger partial charge in [0.1, 0.15) is 11.6 Å². The molecule has 11 heteroatoms. The number of rotatable bonds is 4. The van der Waals surface area contributed by atoms with Crippen LogP contribution in [0.3, 0.4) is 0 Å². The van der Waals surface area contributed by atoms with E-state index in [4.69, 9.17) is 14.5 Å². The van der Waals surface area contributed by atoms with E-state index < -0.39 is 29.6 Å². The third-order valence-electron chi connectivity index (χ3n) is 7.43. The predicted octanol–water partition coefficient (Wildman–Crippen LogP) is 5.03.